The minimum absolute atomic E-state index is 0.0526. The van der Waals surface area contributed by atoms with E-state index < -0.39 is 11.9 Å². The number of carboxylic acid groups (broad SMARTS) is 1. The Labute approximate surface area is 103 Å². The first kappa shape index (κ1) is 14.5. The van der Waals surface area contributed by atoms with Crippen LogP contribution in [0.2, 0.25) is 0 Å². The second kappa shape index (κ2) is 5.83. The van der Waals surface area contributed by atoms with Gasteiger partial charge in [0.05, 0.1) is 25.2 Å². The van der Waals surface area contributed by atoms with Crippen molar-refractivity contribution in [2.75, 3.05) is 13.2 Å². The fraction of sp³-hybridized carbons (Fsp3) is 0.923. The van der Waals surface area contributed by atoms with Gasteiger partial charge in [-0.3, -0.25) is 4.79 Å². The van der Waals surface area contributed by atoms with Crippen LogP contribution >= 0.6 is 0 Å². The lowest BCUT2D eigenvalue weighted by Gasteiger charge is -2.40. The number of aliphatic carboxylic acids is 1. The molecule has 0 aromatic heterocycles. The smallest absolute Gasteiger partial charge is 0.309 e. The van der Waals surface area contributed by atoms with Gasteiger partial charge in [-0.1, -0.05) is 20.8 Å². The number of ether oxygens (including phenoxy) is 1. The van der Waals surface area contributed by atoms with Gasteiger partial charge in [0.25, 0.3) is 0 Å². The zero-order valence-electron chi connectivity index (χ0n) is 11.0. The molecule has 0 saturated heterocycles. The van der Waals surface area contributed by atoms with Gasteiger partial charge in [0.2, 0.25) is 0 Å². The number of carbonyl (C=O) groups is 1. The molecule has 0 spiro atoms. The van der Waals surface area contributed by atoms with Crippen molar-refractivity contribution in [1.29, 1.82) is 0 Å². The van der Waals surface area contributed by atoms with E-state index in [0.717, 1.165) is 12.8 Å². The lowest BCUT2D eigenvalue weighted by molar-refractivity contribution is -0.152. The van der Waals surface area contributed by atoms with Crippen LogP contribution in [-0.4, -0.2) is 35.5 Å². The molecule has 0 amide bonds. The molecule has 1 saturated carbocycles. The van der Waals surface area contributed by atoms with Crippen LogP contribution in [0.5, 0.6) is 0 Å². The van der Waals surface area contributed by atoms with Gasteiger partial charge in [0, 0.05) is 0 Å². The van der Waals surface area contributed by atoms with Crippen molar-refractivity contribution in [2.45, 2.75) is 46.1 Å². The van der Waals surface area contributed by atoms with Crippen molar-refractivity contribution in [3.63, 3.8) is 0 Å². The molecule has 0 radical (unpaired) electrons. The summed E-state index contributed by atoms with van der Waals surface area (Å²) in [6, 6.07) is 0. The van der Waals surface area contributed by atoms with Gasteiger partial charge < -0.3 is 14.9 Å². The van der Waals surface area contributed by atoms with E-state index >= 15 is 0 Å². The van der Waals surface area contributed by atoms with Crippen LogP contribution in [0, 0.1) is 17.3 Å². The summed E-state index contributed by atoms with van der Waals surface area (Å²) in [5.41, 5.74) is 0.185. The lowest BCUT2D eigenvalue weighted by Crippen LogP contribution is -2.40. The van der Waals surface area contributed by atoms with E-state index in [2.05, 4.69) is 20.8 Å². The summed E-state index contributed by atoms with van der Waals surface area (Å²) < 4.78 is 5.50. The summed E-state index contributed by atoms with van der Waals surface area (Å²) in [6.07, 6.45) is 2.14. The Balaban J connectivity index is 2.66. The summed E-state index contributed by atoms with van der Waals surface area (Å²) >= 11 is 0. The molecule has 0 aromatic carbocycles. The van der Waals surface area contributed by atoms with Crippen LogP contribution < -0.4 is 0 Å². The first-order valence-corrected chi connectivity index (χ1v) is 6.31. The fourth-order valence-corrected chi connectivity index (χ4v) is 2.59. The topological polar surface area (TPSA) is 66.8 Å². The molecule has 3 atom stereocenters. The highest BCUT2D eigenvalue weighted by atomic mass is 16.5. The van der Waals surface area contributed by atoms with Gasteiger partial charge in [-0.15, -0.1) is 0 Å². The predicted molar refractivity (Wildman–Crippen MR) is 64.7 cm³/mol. The molecule has 4 nitrogen and oxygen atoms in total. The Bertz CT molecular complexity index is 257. The predicted octanol–water partition coefficient (Wildman–Crippen LogP) is 1.91. The van der Waals surface area contributed by atoms with Gasteiger partial charge in [-0.2, -0.15) is 0 Å². The first-order valence-electron chi connectivity index (χ1n) is 6.31. The Morgan fingerprint density at radius 2 is 2.00 bits per heavy atom. The molecule has 1 aliphatic rings. The van der Waals surface area contributed by atoms with E-state index in [4.69, 9.17) is 14.9 Å². The largest absolute Gasteiger partial charge is 0.481 e. The van der Waals surface area contributed by atoms with Crippen LogP contribution in [0.3, 0.4) is 0 Å². The molecular formula is C13H24O4. The molecule has 1 rings (SSSR count). The molecule has 0 aromatic rings. The number of aliphatic hydroxyl groups excluding tert-OH is 1. The van der Waals surface area contributed by atoms with E-state index in [-0.39, 0.29) is 24.7 Å². The molecule has 3 unspecified atom stereocenters. The number of aliphatic hydroxyl groups is 1. The van der Waals surface area contributed by atoms with E-state index in [1.165, 1.54) is 0 Å². The molecule has 0 aliphatic heterocycles. The molecule has 4 heteroatoms. The third-order valence-corrected chi connectivity index (χ3v) is 3.76. The maximum atomic E-state index is 11.1. The van der Waals surface area contributed by atoms with Crippen molar-refractivity contribution < 1.29 is 19.7 Å². The summed E-state index contributed by atoms with van der Waals surface area (Å²) in [7, 11) is 0. The Hall–Kier alpha value is -0.610. The maximum Gasteiger partial charge on any atom is 0.309 e. The molecule has 0 bridgehead atoms. The number of hydrogen-bond acceptors (Lipinski definition) is 3. The van der Waals surface area contributed by atoms with Gasteiger partial charge in [0.15, 0.2) is 0 Å². The van der Waals surface area contributed by atoms with E-state index in [1.54, 1.807) is 0 Å². The highest BCUT2D eigenvalue weighted by molar-refractivity contribution is 5.70. The minimum atomic E-state index is -0.778. The third-order valence-electron chi connectivity index (χ3n) is 3.76. The lowest BCUT2D eigenvalue weighted by atomic mass is 9.68. The van der Waals surface area contributed by atoms with Crippen LogP contribution in [0.4, 0.5) is 0 Å². The monoisotopic (exact) mass is 244 g/mol. The van der Waals surface area contributed by atoms with E-state index in [1.807, 2.05) is 0 Å². The minimum Gasteiger partial charge on any atom is -0.481 e. The first-order chi connectivity index (χ1) is 7.86. The molecule has 17 heavy (non-hydrogen) atoms. The van der Waals surface area contributed by atoms with E-state index in [9.17, 15) is 4.79 Å². The SMILES string of the molecule is CC(C)(C)C1CCC(C(=O)O)C(OCCO)C1. The van der Waals surface area contributed by atoms with Crippen LogP contribution in [0.15, 0.2) is 0 Å². The summed E-state index contributed by atoms with van der Waals surface area (Å²) in [5.74, 6) is -0.706. The van der Waals surface area contributed by atoms with Crippen molar-refractivity contribution in [2.24, 2.45) is 17.3 Å². The summed E-state index contributed by atoms with van der Waals surface area (Å²) in [5, 5.41) is 17.9. The van der Waals surface area contributed by atoms with Crippen molar-refractivity contribution in [3.8, 4) is 0 Å². The quantitative estimate of drug-likeness (QED) is 0.792. The zero-order chi connectivity index (χ0) is 13.1. The molecule has 2 N–H and O–H groups in total. The number of hydrogen-bond donors (Lipinski definition) is 2. The highest BCUT2D eigenvalue weighted by Crippen LogP contribution is 2.41. The number of carboxylic acids is 1. The molecule has 100 valence electrons. The fourth-order valence-electron chi connectivity index (χ4n) is 2.59. The van der Waals surface area contributed by atoms with E-state index in [0.29, 0.717) is 12.3 Å². The standard InChI is InChI=1S/C13H24O4/c1-13(2,3)9-4-5-10(12(15)16)11(8-9)17-7-6-14/h9-11,14H,4-8H2,1-3H3,(H,15,16). The van der Waals surface area contributed by atoms with Crippen molar-refractivity contribution in [1.82, 2.24) is 0 Å². The van der Waals surface area contributed by atoms with Gasteiger partial charge in [-0.05, 0) is 30.6 Å². The van der Waals surface area contributed by atoms with Gasteiger partial charge in [0.1, 0.15) is 0 Å². The molecule has 1 aliphatic carbocycles. The second-order valence-electron chi connectivity index (χ2n) is 5.95. The van der Waals surface area contributed by atoms with Crippen LogP contribution in [0.1, 0.15) is 40.0 Å². The normalized spacial score (nSPS) is 30.2. The summed E-state index contributed by atoms with van der Waals surface area (Å²) in [4.78, 5) is 11.1. The maximum absolute atomic E-state index is 11.1. The zero-order valence-corrected chi connectivity index (χ0v) is 11.0. The van der Waals surface area contributed by atoms with Gasteiger partial charge >= 0.3 is 5.97 Å². The van der Waals surface area contributed by atoms with Crippen LogP contribution in [0.25, 0.3) is 0 Å². The average molecular weight is 244 g/mol. The highest BCUT2D eigenvalue weighted by Gasteiger charge is 2.39. The Morgan fingerprint density at radius 1 is 1.35 bits per heavy atom. The van der Waals surface area contributed by atoms with Gasteiger partial charge in [-0.25, -0.2) is 0 Å². The Morgan fingerprint density at radius 3 is 2.47 bits per heavy atom. The third kappa shape index (κ3) is 3.96. The van der Waals surface area contributed by atoms with Crippen molar-refractivity contribution >= 4 is 5.97 Å². The molecular weight excluding hydrogens is 220 g/mol. The van der Waals surface area contributed by atoms with Crippen molar-refractivity contribution in [3.05, 3.63) is 0 Å². The molecule has 0 heterocycles. The molecule has 1 fully saturated rings. The Kier molecular flexibility index (Phi) is 4.95. The number of rotatable bonds is 4. The van der Waals surface area contributed by atoms with Crippen LogP contribution in [-0.2, 0) is 9.53 Å². The average Bonchev–Trinajstić information content (AvgIpc) is 2.24. The summed E-state index contributed by atoms with van der Waals surface area (Å²) in [6.45, 7) is 6.72. The second-order valence-corrected chi connectivity index (χ2v) is 5.95.